The number of hydrogen-bond donors (Lipinski definition) is 0. The molecule has 8 aromatic carbocycles. The summed E-state index contributed by atoms with van der Waals surface area (Å²) in [4.78, 5) is 15.2. The van der Waals surface area contributed by atoms with Crippen molar-refractivity contribution in [2.24, 2.45) is 0 Å². The van der Waals surface area contributed by atoms with E-state index >= 15 is 0 Å². The van der Waals surface area contributed by atoms with Crippen LogP contribution in [0, 0.1) is 0 Å². The maximum absolute atomic E-state index is 6.24. The van der Waals surface area contributed by atoms with Crippen LogP contribution in [-0.4, -0.2) is 15.0 Å². The van der Waals surface area contributed by atoms with Gasteiger partial charge in [0.25, 0.3) is 0 Å². The average Bonchev–Trinajstić information content (AvgIpc) is 3.55. The summed E-state index contributed by atoms with van der Waals surface area (Å²) < 4.78 is 6.24. The molecule has 0 radical (unpaired) electrons. The van der Waals surface area contributed by atoms with Gasteiger partial charge in [0, 0.05) is 27.5 Å². The lowest BCUT2D eigenvalue weighted by Crippen LogP contribution is -2.00. The molecule has 10 aromatic rings. The van der Waals surface area contributed by atoms with E-state index in [2.05, 4.69) is 109 Å². The molecule has 0 N–H and O–H groups in total. The predicted octanol–water partition coefficient (Wildman–Crippen LogP) is 11.9. The molecule has 0 aliphatic rings. The molecular weight excluding hydrogens is 599 g/mol. The van der Waals surface area contributed by atoms with E-state index in [0.717, 1.165) is 44.0 Å². The van der Waals surface area contributed by atoms with E-state index in [9.17, 15) is 0 Å². The molecule has 0 aliphatic carbocycles. The Morgan fingerprint density at radius 1 is 0.306 bits per heavy atom. The molecule has 0 fully saturated rings. The van der Waals surface area contributed by atoms with Crippen molar-refractivity contribution in [1.29, 1.82) is 0 Å². The van der Waals surface area contributed by atoms with Gasteiger partial charge in [-0.25, -0.2) is 15.0 Å². The van der Waals surface area contributed by atoms with E-state index in [0.29, 0.717) is 17.5 Å². The fraction of sp³-hybridized carbons (Fsp3) is 0. The molecule has 228 valence electrons. The molecule has 0 saturated heterocycles. The molecule has 0 atom stereocenters. The zero-order chi connectivity index (χ0) is 32.3. The first-order valence-electron chi connectivity index (χ1n) is 16.4. The van der Waals surface area contributed by atoms with Gasteiger partial charge in [-0.15, -0.1) is 0 Å². The van der Waals surface area contributed by atoms with Crippen LogP contribution in [0.25, 0.3) is 99.5 Å². The number of aromatic nitrogens is 3. The minimum absolute atomic E-state index is 0.598. The summed E-state index contributed by atoms with van der Waals surface area (Å²) in [7, 11) is 0. The van der Waals surface area contributed by atoms with Crippen LogP contribution < -0.4 is 0 Å². The predicted molar refractivity (Wildman–Crippen MR) is 201 cm³/mol. The van der Waals surface area contributed by atoms with Gasteiger partial charge >= 0.3 is 0 Å². The SMILES string of the molecule is c1ccc(-c2nc(-c3ccc4c(c3)oc3ccccc34)nc(-c3ccc4c(-c5cccc6ccccc56)cc5ccccc5c4c3)n2)cc1. The van der Waals surface area contributed by atoms with E-state index in [4.69, 9.17) is 19.4 Å². The van der Waals surface area contributed by atoms with Crippen LogP contribution in [0.2, 0.25) is 0 Å². The molecule has 4 heteroatoms. The number of rotatable bonds is 4. The Kier molecular flexibility index (Phi) is 6.15. The summed E-state index contributed by atoms with van der Waals surface area (Å²) in [5, 5.41) is 9.35. The first-order chi connectivity index (χ1) is 24.3. The van der Waals surface area contributed by atoms with Crippen molar-refractivity contribution in [3.05, 3.63) is 164 Å². The molecule has 2 heterocycles. The molecule has 0 aliphatic heterocycles. The highest BCUT2D eigenvalue weighted by Crippen LogP contribution is 2.40. The molecule has 0 unspecified atom stereocenters. The number of furan rings is 1. The highest BCUT2D eigenvalue weighted by atomic mass is 16.3. The van der Waals surface area contributed by atoms with E-state index in [1.54, 1.807) is 0 Å². The molecule has 2 aromatic heterocycles. The van der Waals surface area contributed by atoms with Crippen LogP contribution in [-0.2, 0) is 0 Å². The minimum atomic E-state index is 0.598. The molecule has 0 spiro atoms. The van der Waals surface area contributed by atoms with Gasteiger partial charge in [-0.2, -0.15) is 0 Å². The summed E-state index contributed by atoms with van der Waals surface area (Å²) in [6.45, 7) is 0. The van der Waals surface area contributed by atoms with Crippen LogP contribution in [0.15, 0.2) is 168 Å². The Morgan fingerprint density at radius 2 is 0.898 bits per heavy atom. The second-order valence-electron chi connectivity index (χ2n) is 12.4. The summed E-state index contributed by atoms with van der Waals surface area (Å²) in [5.74, 6) is 1.84. The van der Waals surface area contributed by atoms with Gasteiger partial charge < -0.3 is 4.42 Å². The highest BCUT2D eigenvalue weighted by molar-refractivity contribution is 6.17. The van der Waals surface area contributed by atoms with Crippen LogP contribution in [0.5, 0.6) is 0 Å². The van der Waals surface area contributed by atoms with E-state index in [1.165, 1.54) is 38.1 Å². The van der Waals surface area contributed by atoms with Crippen molar-refractivity contribution in [2.75, 3.05) is 0 Å². The summed E-state index contributed by atoms with van der Waals surface area (Å²) in [6, 6.07) is 57.1. The van der Waals surface area contributed by atoms with Crippen molar-refractivity contribution in [1.82, 2.24) is 15.0 Å². The maximum atomic E-state index is 6.24. The van der Waals surface area contributed by atoms with E-state index in [-0.39, 0.29) is 0 Å². The molecule has 0 saturated carbocycles. The van der Waals surface area contributed by atoms with Gasteiger partial charge in [0.15, 0.2) is 17.5 Å². The van der Waals surface area contributed by atoms with Crippen molar-refractivity contribution >= 4 is 54.3 Å². The molecule has 0 bridgehead atoms. The molecule has 0 amide bonds. The molecule has 10 rings (SSSR count). The number of para-hydroxylation sites is 1. The fourth-order valence-corrected chi connectivity index (χ4v) is 7.14. The summed E-state index contributed by atoms with van der Waals surface area (Å²) in [5.41, 5.74) is 6.83. The number of fused-ring (bicyclic) bond motifs is 7. The topological polar surface area (TPSA) is 51.8 Å². The van der Waals surface area contributed by atoms with Crippen molar-refractivity contribution in [3.63, 3.8) is 0 Å². The molecule has 49 heavy (non-hydrogen) atoms. The van der Waals surface area contributed by atoms with Gasteiger partial charge in [-0.05, 0) is 73.8 Å². The third-order valence-corrected chi connectivity index (χ3v) is 9.50. The van der Waals surface area contributed by atoms with Crippen LogP contribution in [0.4, 0.5) is 0 Å². The second kappa shape index (κ2) is 11.0. The Morgan fingerprint density at radius 3 is 1.71 bits per heavy atom. The van der Waals surface area contributed by atoms with Crippen LogP contribution in [0.1, 0.15) is 0 Å². The summed E-state index contributed by atoms with van der Waals surface area (Å²) in [6.07, 6.45) is 0. The lowest BCUT2D eigenvalue weighted by atomic mass is 9.90. The number of hydrogen-bond acceptors (Lipinski definition) is 4. The highest BCUT2D eigenvalue weighted by Gasteiger charge is 2.17. The Bertz CT molecular complexity index is 2890. The fourth-order valence-electron chi connectivity index (χ4n) is 7.14. The van der Waals surface area contributed by atoms with Crippen LogP contribution >= 0.6 is 0 Å². The lowest BCUT2D eigenvalue weighted by Gasteiger charge is -2.15. The van der Waals surface area contributed by atoms with Crippen LogP contribution in [0.3, 0.4) is 0 Å². The Balaban J connectivity index is 1.20. The van der Waals surface area contributed by atoms with E-state index in [1.807, 2.05) is 54.6 Å². The Hall–Kier alpha value is -6.65. The van der Waals surface area contributed by atoms with Crippen molar-refractivity contribution in [3.8, 4) is 45.3 Å². The third kappa shape index (κ3) is 4.57. The monoisotopic (exact) mass is 625 g/mol. The minimum Gasteiger partial charge on any atom is -0.456 e. The zero-order valence-electron chi connectivity index (χ0n) is 26.3. The summed E-state index contributed by atoms with van der Waals surface area (Å²) >= 11 is 0. The molecular formula is C45H27N3O. The molecule has 4 nitrogen and oxygen atoms in total. The largest absolute Gasteiger partial charge is 0.456 e. The van der Waals surface area contributed by atoms with Crippen molar-refractivity contribution < 1.29 is 4.42 Å². The number of nitrogens with zero attached hydrogens (tertiary/aromatic N) is 3. The maximum Gasteiger partial charge on any atom is 0.164 e. The first-order valence-corrected chi connectivity index (χ1v) is 16.4. The quantitative estimate of drug-likeness (QED) is 0.183. The lowest BCUT2D eigenvalue weighted by molar-refractivity contribution is 0.669. The Labute approximate surface area is 282 Å². The van der Waals surface area contributed by atoms with E-state index < -0.39 is 0 Å². The third-order valence-electron chi connectivity index (χ3n) is 9.50. The van der Waals surface area contributed by atoms with Crippen molar-refractivity contribution in [2.45, 2.75) is 0 Å². The second-order valence-corrected chi connectivity index (χ2v) is 12.4. The average molecular weight is 626 g/mol. The van der Waals surface area contributed by atoms with Gasteiger partial charge in [-0.1, -0.05) is 133 Å². The number of benzene rings is 8. The van der Waals surface area contributed by atoms with Gasteiger partial charge in [0.1, 0.15) is 11.2 Å². The zero-order valence-corrected chi connectivity index (χ0v) is 26.3. The normalized spacial score (nSPS) is 11.7. The van der Waals surface area contributed by atoms with Gasteiger partial charge in [0.05, 0.1) is 0 Å². The smallest absolute Gasteiger partial charge is 0.164 e. The standard InChI is InChI=1S/C45H27N3O/c1-2-12-29(13-3-1)43-46-44(48-45(47-43)32-22-24-38-37-18-8-9-20-41(37)49-42(38)27-32)31-21-23-36-39(26-31)34-17-7-5-14-30(34)25-40(36)35-19-10-15-28-11-4-6-16-33(28)35/h1-27H. The van der Waals surface area contributed by atoms with Gasteiger partial charge in [0.2, 0.25) is 0 Å². The first kappa shape index (κ1) is 27.5. The van der Waals surface area contributed by atoms with Gasteiger partial charge in [-0.3, -0.25) is 0 Å².